The summed E-state index contributed by atoms with van der Waals surface area (Å²) in [4.78, 5) is 24.7. The Hall–Kier alpha value is -3.43. The van der Waals surface area contributed by atoms with Crippen molar-refractivity contribution < 1.29 is 4.79 Å². The standard InChI is InChI=1S/C27H35N7OS/c1-5-34(6-2)12-11-29-26(35)23-15-20-9-10-21(16-22(20)36-23)31-27-30-18(4)14-25(33-27)32-24(28)13-17(3)19-7-8-19/h9-10,13-16,19H,3,5-8,11-12,28H2,1-2,4H3,(H,29,35)(H2,30,31,32,33)/b24-13+. The molecule has 190 valence electrons. The summed E-state index contributed by atoms with van der Waals surface area (Å²) in [6.07, 6.45) is 4.24. The van der Waals surface area contributed by atoms with Crippen molar-refractivity contribution in [3.05, 3.63) is 65.0 Å². The SMILES string of the molecule is C=C(/C=C(\N)Nc1cc(C)nc(Nc2ccc3cc(C(=O)NCCN(CC)CC)sc3c2)n1)C1CC1. The van der Waals surface area contributed by atoms with Crippen LogP contribution in [0, 0.1) is 12.8 Å². The molecule has 2 heterocycles. The molecule has 36 heavy (non-hydrogen) atoms. The fourth-order valence-electron chi connectivity index (χ4n) is 3.95. The van der Waals surface area contributed by atoms with Crippen LogP contribution in [0.3, 0.4) is 0 Å². The molecule has 1 saturated carbocycles. The van der Waals surface area contributed by atoms with Gasteiger partial charge in [0.25, 0.3) is 5.91 Å². The molecule has 0 saturated heterocycles. The lowest BCUT2D eigenvalue weighted by Gasteiger charge is -2.17. The molecule has 1 aliphatic rings. The van der Waals surface area contributed by atoms with Crippen LogP contribution >= 0.6 is 11.3 Å². The minimum absolute atomic E-state index is 0.0365. The third kappa shape index (κ3) is 6.83. The number of fused-ring (bicyclic) bond motifs is 1. The molecular formula is C27H35N7OS. The zero-order valence-electron chi connectivity index (χ0n) is 21.2. The van der Waals surface area contributed by atoms with Gasteiger partial charge in [-0.15, -0.1) is 11.3 Å². The number of likely N-dealkylation sites (N-methyl/N-ethyl adjacent to an activating group) is 1. The van der Waals surface area contributed by atoms with Gasteiger partial charge in [0.15, 0.2) is 0 Å². The van der Waals surface area contributed by atoms with Crippen molar-refractivity contribution in [3.63, 3.8) is 0 Å². The average Bonchev–Trinajstić information content (AvgIpc) is 3.60. The predicted molar refractivity (Wildman–Crippen MR) is 150 cm³/mol. The van der Waals surface area contributed by atoms with Crippen molar-refractivity contribution in [2.45, 2.75) is 33.6 Å². The smallest absolute Gasteiger partial charge is 0.261 e. The van der Waals surface area contributed by atoms with Crippen molar-refractivity contribution in [3.8, 4) is 0 Å². The minimum Gasteiger partial charge on any atom is -0.385 e. The van der Waals surface area contributed by atoms with E-state index in [1.807, 2.05) is 43.3 Å². The summed E-state index contributed by atoms with van der Waals surface area (Å²) in [6.45, 7) is 13.7. The van der Waals surface area contributed by atoms with Gasteiger partial charge in [0.05, 0.1) is 4.88 Å². The summed E-state index contributed by atoms with van der Waals surface area (Å²) in [7, 11) is 0. The number of thiophene rings is 1. The van der Waals surface area contributed by atoms with E-state index in [-0.39, 0.29) is 5.91 Å². The van der Waals surface area contributed by atoms with Crippen molar-refractivity contribution in [1.82, 2.24) is 20.2 Å². The molecule has 0 radical (unpaired) electrons. The Morgan fingerprint density at radius 1 is 1.22 bits per heavy atom. The predicted octanol–water partition coefficient (Wildman–Crippen LogP) is 4.99. The van der Waals surface area contributed by atoms with Gasteiger partial charge in [-0.3, -0.25) is 4.79 Å². The number of carbonyl (C=O) groups is 1. The lowest BCUT2D eigenvalue weighted by atomic mass is 10.2. The first-order chi connectivity index (χ1) is 17.3. The summed E-state index contributed by atoms with van der Waals surface area (Å²) in [5.74, 6) is 2.12. The number of amides is 1. The topological polar surface area (TPSA) is 108 Å². The largest absolute Gasteiger partial charge is 0.385 e. The van der Waals surface area contributed by atoms with E-state index in [4.69, 9.17) is 5.73 Å². The monoisotopic (exact) mass is 505 g/mol. The molecule has 1 amide bonds. The second-order valence-electron chi connectivity index (χ2n) is 9.06. The van der Waals surface area contributed by atoms with Crippen LogP contribution in [0.4, 0.5) is 17.5 Å². The number of hydrogen-bond acceptors (Lipinski definition) is 8. The van der Waals surface area contributed by atoms with Crippen molar-refractivity contribution in [2.75, 3.05) is 36.8 Å². The van der Waals surface area contributed by atoms with Crippen LogP contribution in [0.1, 0.15) is 42.1 Å². The first-order valence-corrected chi connectivity index (χ1v) is 13.3. The summed E-state index contributed by atoms with van der Waals surface area (Å²) in [5.41, 5.74) is 8.85. The number of hydrogen-bond donors (Lipinski definition) is 4. The van der Waals surface area contributed by atoms with Crippen LogP contribution in [-0.4, -0.2) is 47.0 Å². The third-order valence-electron chi connectivity index (χ3n) is 6.18. The van der Waals surface area contributed by atoms with E-state index < -0.39 is 0 Å². The molecule has 0 aliphatic heterocycles. The number of allylic oxidation sites excluding steroid dienone is 2. The van der Waals surface area contributed by atoms with Gasteiger partial charge >= 0.3 is 0 Å². The molecule has 2 aromatic heterocycles. The first kappa shape index (κ1) is 25.7. The Kier molecular flexibility index (Phi) is 8.22. The van der Waals surface area contributed by atoms with Gasteiger partial charge in [0.2, 0.25) is 5.95 Å². The van der Waals surface area contributed by atoms with Crippen LogP contribution in [0.25, 0.3) is 10.1 Å². The highest BCUT2D eigenvalue weighted by atomic mass is 32.1. The molecule has 1 aromatic carbocycles. The van der Waals surface area contributed by atoms with E-state index in [1.165, 1.54) is 24.2 Å². The maximum absolute atomic E-state index is 12.6. The highest BCUT2D eigenvalue weighted by Gasteiger charge is 2.23. The number of nitrogens with one attached hydrogen (secondary N) is 3. The van der Waals surface area contributed by atoms with Crippen molar-refractivity contribution >= 4 is 44.8 Å². The molecule has 8 nitrogen and oxygen atoms in total. The zero-order chi connectivity index (χ0) is 25.7. The lowest BCUT2D eigenvalue weighted by Crippen LogP contribution is -2.34. The molecule has 1 aliphatic carbocycles. The number of benzene rings is 1. The lowest BCUT2D eigenvalue weighted by molar-refractivity contribution is 0.0953. The number of aryl methyl sites for hydroxylation is 1. The van der Waals surface area contributed by atoms with Crippen LogP contribution in [0.15, 0.2) is 54.4 Å². The number of nitrogens with zero attached hydrogens (tertiary/aromatic N) is 3. The fraction of sp³-hybridized carbons (Fsp3) is 0.370. The molecule has 5 N–H and O–H groups in total. The second kappa shape index (κ2) is 11.5. The first-order valence-electron chi connectivity index (χ1n) is 12.4. The average molecular weight is 506 g/mol. The molecule has 9 heteroatoms. The van der Waals surface area contributed by atoms with E-state index in [1.54, 1.807) is 0 Å². The summed E-state index contributed by atoms with van der Waals surface area (Å²) in [6, 6.07) is 9.76. The van der Waals surface area contributed by atoms with Gasteiger partial charge in [-0.1, -0.05) is 26.5 Å². The molecule has 0 atom stereocenters. The van der Waals surface area contributed by atoms with E-state index in [9.17, 15) is 4.79 Å². The van der Waals surface area contributed by atoms with Gasteiger partial charge in [-0.05, 0) is 74.0 Å². The van der Waals surface area contributed by atoms with Crippen LogP contribution in [0.5, 0.6) is 0 Å². The quantitative estimate of drug-likeness (QED) is 0.257. The maximum atomic E-state index is 12.6. The molecule has 4 rings (SSSR count). The number of carbonyl (C=O) groups excluding carboxylic acids is 1. The van der Waals surface area contributed by atoms with E-state index in [0.29, 0.717) is 34.9 Å². The van der Waals surface area contributed by atoms with Crippen LogP contribution in [-0.2, 0) is 0 Å². The van der Waals surface area contributed by atoms with Crippen LogP contribution < -0.4 is 21.7 Å². The molecule has 0 spiro atoms. The fourth-order valence-corrected chi connectivity index (χ4v) is 4.97. The minimum atomic E-state index is -0.0365. The van der Waals surface area contributed by atoms with E-state index >= 15 is 0 Å². The Morgan fingerprint density at radius 3 is 2.72 bits per heavy atom. The molecule has 0 unspecified atom stereocenters. The maximum Gasteiger partial charge on any atom is 0.261 e. The van der Waals surface area contributed by atoms with Gasteiger partial charge < -0.3 is 26.6 Å². The van der Waals surface area contributed by atoms with Crippen molar-refractivity contribution in [2.24, 2.45) is 11.7 Å². The Balaban J connectivity index is 1.42. The third-order valence-corrected chi connectivity index (χ3v) is 7.27. The van der Waals surface area contributed by atoms with Gasteiger partial charge in [0, 0.05) is 35.2 Å². The van der Waals surface area contributed by atoms with Gasteiger partial charge in [-0.2, -0.15) is 4.98 Å². The molecule has 3 aromatic rings. The summed E-state index contributed by atoms with van der Waals surface area (Å²) in [5, 5.41) is 10.5. The Bertz CT molecular complexity index is 1270. The van der Waals surface area contributed by atoms with Crippen LogP contribution in [0.2, 0.25) is 0 Å². The Morgan fingerprint density at radius 2 is 2.00 bits per heavy atom. The highest BCUT2D eigenvalue weighted by Crippen LogP contribution is 2.36. The number of rotatable bonds is 12. The van der Waals surface area contributed by atoms with Gasteiger partial charge in [0.1, 0.15) is 11.6 Å². The normalized spacial score (nSPS) is 13.7. The molecular weight excluding hydrogens is 470 g/mol. The van der Waals surface area contributed by atoms with E-state index in [0.717, 1.165) is 46.7 Å². The number of nitrogens with two attached hydrogens (primary N) is 1. The zero-order valence-corrected chi connectivity index (χ0v) is 22.0. The number of aromatic nitrogens is 2. The molecule has 0 bridgehead atoms. The summed E-state index contributed by atoms with van der Waals surface area (Å²) < 4.78 is 1.02. The summed E-state index contributed by atoms with van der Waals surface area (Å²) >= 11 is 1.48. The Labute approximate surface area is 216 Å². The molecule has 1 fully saturated rings. The number of anilines is 3. The highest BCUT2D eigenvalue weighted by molar-refractivity contribution is 7.20. The second-order valence-corrected chi connectivity index (χ2v) is 10.1. The van der Waals surface area contributed by atoms with Gasteiger partial charge in [-0.25, -0.2) is 4.98 Å². The van der Waals surface area contributed by atoms with Crippen molar-refractivity contribution in [1.29, 1.82) is 0 Å². The van der Waals surface area contributed by atoms with E-state index in [2.05, 4.69) is 51.2 Å².